The van der Waals surface area contributed by atoms with E-state index in [1.807, 2.05) is 31.2 Å². The first-order chi connectivity index (χ1) is 8.50. The average molecular weight is 325 g/mol. The van der Waals surface area contributed by atoms with E-state index in [2.05, 4.69) is 15.9 Å². The molecule has 18 heavy (non-hydrogen) atoms. The first-order valence-electron chi connectivity index (χ1n) is 5.52. The summed E-state index contributed by atoms with van der Waals surface area (Å²) in [6.45, 7) is 1.95. The summed E-state index contributed by atoms with van der Waals surface area (Å²) in [4.78, 5) is 0.360. The van der Waals surface area contributed by atoms with Crippen LogP contribution < -0.4 is 0 Å². The molecule has 0 bridgehead atoms. The van der Waals surface area contributed by atoms with Crippen molar-refractivity contribution in [3.63, 3.8) is 0 Å². The highest BCUT2D eigenvalue weighted by molar-refractivity contribution is 9.10. The fourth-order valence-corrected chi connectivity index (χ4v) is 3.71. The van der Waals surface area contributed by atoms with Crippen LogP contribution in [-0.2, 0) is 15.6 Å². The molecule has 0 aliphatic rings. The van der Waals surface area contributed by atoms with Gasteiger partial charge in [0.15, 0.2) is 9.84 Å². The molecule has 0 atom stereocenters. The van der Waals surface area contributed by atoms with E-state index in [0.29, 0.717) is 4.90 Å². The van der Waals surface area contributed by atoms with E-state index >= 15 is 0 Å². The Labute approximate surface area is 116 Å². The molecule has 0 fully saturated rings. The predicted molar refractivity (Wildman–Crippen MR) is 76.2 cm³/mol. The molecule has 0 saturated carbocycles. The minimum Gasteiger partial charge on any atom is -0.223 e. The van der Waals surface area contributed by atoms with Gasteiger partial charge >= 0.3 is 0 Å². The van der Waals surface area contributed by atoms with Crippen molar-refractivity contribution in [2.45, 2.75) is 17.6 Å². The van der Waals surface area contributed by atoms with Gasteiger partial charge in [0.2, 0.25) is 0 Å². The van der Waals surface area contributed by atoms with Crippen molar-refractivity contribution >= 4 is 25.8 Å². The van der Waals surface area contributed by atoms with E-state index in [0.717, 1.165) is 15.6 Å². The Morgan fingerprint density at radius 2 is 1.67 bits per heavy atom. The Morgan fingerprint density at radius 1 is 1.00 bits per heavy atom. The maximum absolute atomic E-state index is 12.2. The molecule has 0 radical (unpaired) electrons. The molecule has 4 heteroatoms. The lowest BCUT2D eigenvalue weighted by Gasteiger charge is -2.08. The van der Waals surface area contributed by atoms with Crippen molar-refractivity contribution < 1.29 is 8.42 Å². The van der Waals surface area contributed by atoms with Crippen LogP contribution in [0.5, 0.6) is 0 Å². The molecular formula is C14H13BrO2S. The molecule has 0 N–H and O–H groups in total. The van der Waals surface area contributed by atoms with Crippen molar-refractivity contribution in [3.8, 4) is 0 Å². The topological polar surface area (TPSA) is 34.1 Å². The van der Waals surface area contributed by atoms with Crippen LogP contribution in [0.2, 0.25) is 0 Å². The van der Waals surface area contributed by atoms with Gasteiger partial charge in [-0.1, -0.05) is 52.3 Å². The van der Waals surface area contributed by atoms with Gasteiger partial charge in [0.05, 0.1) is 10.6 Å². The second kappa shape index (κ2) is 5.24. The predicted octanol–water partition coefficient (Wildman–Crippen LogP) is 3.73. The molecule has 0 heterocycles. The van der Waals surface area contributed by atoms with Crippen molar-refractivity contribution in [1.29, 1.82) is 0 Å². The van der Waals surface area contributed by atoms with E-state index in [4.69, 9.17) is 0 Å². The van der Waals surface area contributed by atoms with Crippen LogP contribution in [0.1, 0.15) is 11.1 Å². The number of hydrogen-bond donors (Lipinski definition) is 0. The highest BCUT2D eigenvalue weighted by Crippen LogP contribution is 2.25. The summed E-state index contributed by atoms with van der Waals surface area (Å²) in [5.41, 5.74) is 1.83. The molecule has 2 aromatic rings. The van der Waals surface area contributed by atoms with E-state index < -0.39 is 9.84 Å². The number of hydrogen-bond acceptors (Lipinski definition) is 2. The number of rotatable bonds is 3. The van der Waals surface area contributed by atoms with Crippen LogP contribution in [0.25, 0.3) is 0 Å². The van der Waals surface area contributed by atoms with Crippen LogP contribution in [-0.4, -0.2) is 8.42 Å². The van der Waals surface area contributed by atoms with Gasteiger partial charge in [-0.25, -0.2) is 8.42 Å². The molecule has 0 spiro atoms. The van der Waals surface area contributed by atoms with E-state index in [-0.39, 0.29) is 5.75 Å². The normalized spacial score (nSPS) is 11.4. The Balaban J connectivity index is 2.37. The fraction of sp³-hybridized carbons (Fsp3) is 0.143. The molecule has 0 saturated heterocycles. The summed E-state index contributed by atoms with van der Waals surface area (Å²) in [5, 5.41) is 0. The minimum atomic E-state index is -3.28. The smallest absolute Gasteiger partial charge is 0.182 e. The first kappa shape index (κ1) is 13.3. The quantitative estimate of drug-likeness (QED) is 0.862. The second-order valence-corrected chi connectivity index (χ2v) is 6.90. The van der Waals surface area contributed by atoms with Crippen LogP contribution in [0, 0.1) is 6.92 Å². The Bertz CT molecular complexity index is 649. The standard InChI is InChI=1S/C14H13BrO2S/c1-11-6-5-7-12(14(11)15)10-18(16,17)13-8-3-2-4-9-13/h2-9H,10H2,1H3. The molecule has 2 nitrogen and oxygen atoms in total. The van der Waals surface area contributed by atoms with Crippen molar-refractivity contribution in [3.05, 3.63) is 64.1 Å². The Hall–Kier alpha value is -1.13. The number of benzene rings is 2. The number of aryl methyl sites for hydroxylation is 1. The van der Waals surface area contributed by atoms with Gasteiger partial charge in [-0.15, -0.1) is 0 Å². The summed E-state index contributed by atoms with van der Waals surface area (Å²) in [6.07, 6.45) is 0. The summed E-state index contributed by atoms with van der Waals surface area (Å²) in [6, 6.07) is 14.2. The largest absolute Gasteiger partial charge is 0.223 e. The molecule has 0 aliphatic carbocycles. The molecule has 0 aliphatic heterocycles. The SMILES string of the molecule is Cc1cccc(CS(=O)(=O)c2ccccc2)c1Br. The molecule has 2 aromatic carbocycles. The van der Waals surface area contributed by atoms with Crippen molar-refractivity contribution in [1.82, 2.24) is 0 Å². The molecular weight excluding hydrogens is 312 g/mol. The Kier molecular flexibility index (Phi) is 3.88. The van der Waals surface area contributed by atoms with Gasteiger partial charge in [-0.3, -0.25) is 0 Å². The van der Waals surface area contributed by atoms with Gasteiger partial charge < -0.3 is 0 Å². The van der Waals surface area contributed by atoms with E-state index in [1.54, 1.807) is 24.3 Å². The maximum atomic E-state index is 12.2. The third-order valence-electron chi connectivity index (χ3n) is 2.72. The third kappa shape index (κ3) is 2.82. The lowest BCUT2D eigenvalue weighted by Crippen LogP contribution is -2.05. The van der Waals surface area contributed by atoms with Gasteiger partial charge in [0.1, 0.15) is 0 Å². The molecule has 0 aromatic heterocycles. The summed E-state index contributed by atoms with van der Waals surface area (Å²) >= 11 is 3.44. The zero-order chi connectivity index (χ0) is 13.2. The van der Waals surface area contributed by atoms with E-state index in [1.165, 1.54) is 0 Å². The lowest BCUT2D eigenvalue weighted by molar-refractivity contribution is 0.595. The summed E-state index contributed by atoms with van der Waals surface area (Å²) < 4.78 is 25.4. The van der Waals surface area contributed by atoms with Crippen LogP contribution in [0.15, 0.2) is 57.9 Å². The lowest BCUT2D eigenvalue weighted by atomic mass is 10.2. The monoisotopic (exact) mass is 324 g/mol. The molecule has 0 unspecified atom stereocenters. The van der Waals surface area contributed by atoms with Crippen molar-refractivity contribution in [2.75, 3.05) is 0 Å². The maximum Gasteiger partial charge on any atom is 0.182 e. The number of sulfone groups is 1. The molecule has 94 valence electrons. The van der Waals surface area contributed by atoms with Gasteiger partial charge in [-0.2, -0.15) is 0 Å². The molecule has 2 rings (SSSR count). The van der Waals surface area contributed by atoms with Crippen LogP contribution in [0.3, 0.4) is 0 Å². The highest BCUT2D eigenvalue weighted by Gasteiger charge is 2.16. The highest BCUT2D eigenvalue weighted by atomic mass is 79.9. The van der Waals surface area contributed by atoms with E-state index in [9.17, 15) is 8.42 Å². The summed E-state index contributed by atoms with van der Waals surface area (Å²) in [7, 11) is -3.28. The second-order valence-electron chi connectivity index (χ2n) is 4.12. The molecule has 0 amide bonds. The van der Waals surface area contributed by atoms with Crippen LogP contribution >= 0.6 is 15.9 Å². The fourth-order valence-electron chi connectivity index (χ4n) is 1.74. The Morgan fingerprint density at radius 3 is 2.33 bits per heavy atom. The zero-order valence-electron chi connectivity index (χ0n) is 9.93. The van der Waals surface area contributed by atoms with Gasteiger partial charge in [-0.05, 0) is 30.2 Å². The minimum absolute atomic E-state index is 0.0132. The van der Waals surface area contributed by atoms with Crippen LogP contribution in [0.4, 0.5) is 0 Å². The van der Waals surface area contributed by atoms with Crippen molar-refractivity contribution in [2.24, 2.45) is 0 Å². The average Bonchev–Trinajstić information content (AvgIpc) is 2.36. The zero-order valence-corrected chi connectivity index (χ0v) is 12.3. The first-order valence-corrected chi connectivity index (χ1v) is 7.97. The summed E-state index contributed by atoms with van der Waals surface area (Å²) in [5.74, 6) is 0.0132. The van der Waals surface area contributed by atoms with Gasteiger partial charge in [0.25, 0.3) is 0 Å². The van der Waals surface area contributed by atoms with Gasteiger partial charge in [0, 0.05) is 4.47 Å². The number of halogens is 1. The third-order valence-corrected chi connectivity index (χ3v) is 5.54.